The van der Waals surface area contributed by atoms with Crippen LogP contribution in [0.3, 0.4) is 0 Å². The molecule has 0 aliphatic carbocycles. The van der Waals surface area contributed by atoms with Crippen molar-refractivity contribution in [2.45, 2.75) is 27.2 Å². The molecule has 0 radical (unpaired) electrons. The van der Waals surface area contributed by atoms with Gasteiger partial charge in [-0.2, -0.15) is 0 Å². The van der Waals surface area contributed by atoms with E-state index in [1.54, 1.807) is 11.3 Å². The SMILES string of the molecule is CCNCC.CCc1c[nH]c2ccc(-c3cccs3)cc12. The summed E-state index contributed by atoms with van der Waals surface area (Å²) in [5.74, 6) is 0. The lowest BCUT2D eigenvalue weighted by atomic mass is 10.1. The van der Waals surface area contributed by atoms with E-state index >= 15 is 0 Å². The summed E-state index contributed by atoms with van der Waals surface area (Å²) in [7, 11) is 0. The van der Waals surface area contributed by atoms with Crippen LogP contribution in [0, 0.1) is 0 Å². The van der Waals surface area contributed by atoms with Gasteiger partial charge in [-0.3, -0.25) is 0 Å². The molecule has 0 amide bonds. The van der Waals surface area contributed by atoms with E-state index in [1.165, 1.54) is 26.9 Å². The first-order chi connectivity index (χ1) is 10.3. The molecule has 112 valence electrons. The molecule has 0 aliphatic rings. The van der Waals surface area contributed by atoms with Gasteiger partial charge in [0.25, 0.3) is 0 Å². The molecule has 0 saturated heterocycles. The van der Waals surface area contributed by atoms with Crippen molar-refractivity contribution in [3.05, 3.63) is 47.5 Å². The van der Waals surface area contributed by atoms with Crippen molar-refractivity contribution < 1.29 is 0 Å². The zero-order chi connectivity index (χ0) is 15.1. The van der Waals surface area contributed by atoms with Gasteiger partial charge in [0.05, 0.1) is 0 Å². The number of rotatable bonds is 4. The van der Waals surface area contributed by atoms with Crippen molar-refractivity contribution in [3.63, 3.8) is 0 Å². The van der Waals surface area contributed by atoms with Crippen LogP contribution < -0.4 is 5.32 Å². The Morgan fingerprint density at radius 3 is 2.48 bits per heavy atom. The van der Waals surface area contributed by atoms with Gasteiger partial charge < -0.3 is 10.3 Å². The lowest BCUT2D eigenvalue weighted by Crippen LogP contribution is -2.09. The van der Waals surface area contributed by atoms with Crippen LogP contribution in [0.2, 0.25) is 0 Å². The van der Waals surface area contributed by atoms with Crippen LogP contribution in [0.25, 0.3) is 21.3 Å². The molecule has 0 spiro atoms. The highest BCUT2D eigenvalue weighted by molar-refractivity contribution is 7.13. The average Bonchev–Trinajstić information content (AvgIpc) is 3.17. The van der Waals surface area contributed by atoms with E-state index in [2.05, 4.69) is 73.0 Å². The van der Waals surface area contributed by atoms with E-state index in [9.17, 15) is 0 Å². The maximum absolute atomic E-state index is 3.31. The summed E-state index contributed by atoms with van der Waals surface area (Å²) in [4.78, 5) is 4.65. The number of nitrogens with one attached hydrogen (secondary N) is 2. The van der Waals surface area contributed by atoms with Crippen molar-refractivity contribution in [2.75, 3.05) is 13.1 Å². The highest BCUT2D eigenvalue weighted by Crippen LogP contribution is 2.29. The molecule has 21 heavy (non-hydrogen) atoms. The van der Waals surface area contributed by atoms with E-state index in [4.69, 9.17) is 0 Å². The second-order valence-corrected chi connectivity index (χ2v) is 5.81. The van der Waals surface area contributed by atoms with Crippen LogP contribution in [0.15, 0.2) is 41.9 Å². The smallest absolute Gasteiger partial charge is 0.0457 e. The van der Waals surface area contributed by atoms with Crippen LogP contribution in [0.5, 0.6) is 0 Å². The van der Waals surface area contributed by atoms with Gasteiger partial charge in [0.15, 0.2) is 0 Å². The third-order valence-electron chi connectivity index (χ3n) is 3.45. The van der Waals surface area contributed by atoms with Gasteiger partial charge in [-0.1, -0.05) is 32.9 Å². The van der Waals surface area contributed by atoms with Crippen LogP contribution in [0.4, 0.5) is 0 Å². The predicted octanol–water partition coefficient (Wildman–Crippen LogP) is 5.07. The van der Waals surface area contributed by atoms with Crippen LogP contribution >= 0.6 is 11.3 Å². The van der Waals surface area contributed by atoms with E-state index in [-0.39, 0.29) is 0 Å². The van der Waals surface area contributed by atoms with Crippen LogP contribution in [-0.4, -0.2) is 18.1 Å². The highest BCUT2D eigenvalue weighted by atomic mass is 32.1. The Hall–Kier alpha value is -1.58. The Morgan fingerprint density at radius 1 is 1.10 bits per heavy atom. The van der Waals surface area contributed by atoms with Crippen molar-refractivity contribution in [3.8, 4) is 10.4 Å². The van der Waals surface area contributed by atoms with E-state index in [0.29, 0.717) is 0 Å². The van der Waals surface area contributed by atoms with Crippen LogP contribution in [0.1, 0.15) is 26.3 Å². The molecule has 2 nitrogen and oxygen atoms in total. The molecule has 0 fully saturated rings. The molecule has 0 bridgehead atoms. The summed E-state index contributed by atoms with van der Waals surface area (Å²) in [5.41, 5.74) is 3.95. The number of hydrogen-bond acceptors (Lipinski definition) is 2. The first-order valence-corrected chi connectivity index (χ1v) is 8.52. The van der Waals surface area contributed by atoms with Crippen LogP contribution in [-0.2, 0) is 6.42 Å². The predicted molar refractivity (Wildman–Crippen MR) is 95.2 cm³/mol. The summed E-state index contributed by atoms with van der Waals surface area (Å²) in [6, 6.07) is 10.9. The third kappa shape index (κ3) is 3.96. The van der Waals surface area contributed by atoms with E-state index < -0.39 is 0 Å². The number of H-pyrrole nitrogens is 1. The maximum Gasteiger partial charge on any atom is 0.0457 e. The Balaban J connectivity index is 0.000000282. The maximum atomic E-state index is 3.31. The molecule has 0 unspecified atom stereocenters. The molecule has 2 heterocycles. The second kappa shape index (κ2) is 8.01. The topological polar surface area (TPSA) is 27.8 Å². The van der Waals surface area contributed by atoms with Gasteiger partial charge in [0.1, 0.15) is 0 Å². The first kappa shape index (κ1) is 15.8. The van der Waals surface area contributed by atoms with Crippen molar-refractivity contribution in [2.24, 2.45) is 0 Å². The minimum Gasteiger partial charge on any atom is -0.361 e. The molecule has 3 heteroatoms. The fourth-order valence-electron chi connectivity index (χ4n) is 2.32. The fourth-order valence-corrected chi connectivity index (χ4v) is 3.04. The number of fused-ring (bicyclic) bond motifs is 1. The number of aryl methyl sites for hydroxylation is 1. The number of thiophene rings is 1. The molecule has 0 saturated carbocycles. The molecule has 2 aromatic heterocycles. The molecule has 0 aliphatic heterocycles. The summed E-state index contributed by atoms with van der Waals surface area (Å²) < 4.78 is 0. The number of benzene rings is 1. The molecule has 0 atom stereocenters. The van der Waals surface area contributed by atoms with Crippen molar-refractivity contribution in [1.29, 1.82) is 0 Å². The zero-order valence-corrected chi connectivity index (χ0v) is 13.9. The average molecular weight is 300 g/mol. The normalized spacial score (nSPS) is 10.4. The summed E-state index contributed by atoms with van der Waals surface area (Å²) in [6.45, 7) is 8.58. The third-order valence-corrected chi connectivity index (χ3v) is 4.37. The zero-order valence-electron chi connectivity index (χ0n) is 13.1. The highest BCUT2D eigenvalue weighted by Gasteiger charge is 2.04. The van der Waals surface area contributed by atoms with Crippen molar-refractivity contribution >= 4 is 22.2 Å². The van der Waals surface area contributed by atoms with E-state index in [0.717, 1.165) is 19.5 Å². The molecule has 2 N–H and O–H groups in total. The van der Waals surface area contributed by atoms with Gasteiger partial charge >= 0.3 is 0 Å². The summed E-state index contributed by atoms with van der Waals surface area (Å²) >= 11 is 1.79. The number of aromatic amines is 1. The van der Waals surface area contributed by atoms with Crippen molar-refractivity contribution in [1.82, 2.24) is 10.3 Å². The molecular formula is C18H24N2S. The summed E-state index contributed by atoms with van der Waals surface area (Å²) in [5, 5.41) is 6.59. The Morgan fingerprint density at radius 2 is 1.90 bits per heavy atom. The second-order valence-electron chi connectivity index (χ2n) is 4.86. The lowest BCUT2D eigenvalue weighted by Gasteiger charge is -1.99. The molecular weight excluding hydrogens is 276 g/mol. The van der Waals surface area contributed by atoms with Gasteiger partial charge in [-0.25, -0.2) is 0 Å². The molecule has 3 aromatic rings. The largest absolute Gasteiger partial charge is 0.361 e. The van der Waals surface area contributed by atoms with Gasteiger partial charge in [0.2, 0.25) is 0 Å². The molecule has 3 rings (SSSR count). The lowest BCUT2D eigenvalue weighted by molar-refractivity contribution is 0.762. The summed E-state index contributed by atoms with van der Waals surface area (Å²) in [6.07, 6.45) is 3.19. The minimum absolute atomic E-state index is 1.08. The first-order valence-electron chi connectivity index (χ1n) is 7.64. The number of hydrogen-bond donors (Lipinski definition) is 2. The minimum atomic E-state index is 1.08. The Bertz CT molecular complexity index is 651. The standard InChI is InChI=1S/C14H13NS.C4H11N/c1-2-10-9-15-13-6-5-11(8-12(10)13)14-4-3-7-16-14;1-3-5-4-2/h3-9,15H,2H2,1H3;5H,3-4H2,1-2H3. The Labute approximate surface area is 131 Å². The fraction of sp³-hybridized carbons (Fsp3) is 0.333. The number of aromatic nitrogens is 1. The molecule has 1 aromatic carbocycles. The van der Waals surface area contributed by atoms with E-state index in [1.807, 2.05) is 0 Å². The van der Waals surface area contributed by atoms with Gasteiger partial charge in [-0.15, -0.1) is 11.3 Å². The quantitative estimate of drug-likeness (QED) is 0.691. The monoisotopic (exact) mass is 300 g/mol. The van der Waals surface area contributed by atoms with Gasteiger partial charge in [0, 0.05) is 22.0 Å². The van der Waals surface area contributed by atoms with Gasteiger partial charge in [-0.05, 0) is 54.2 Å². The Kier molecular flexibility index (Phi) is 6.03.